The van der Waals surface area contributed by atoms with Crippen LogP contribution in [0.2, 0.25) is 0 Å². The van der Waals surface area contributed by atoms with Gasteiger partial charge in [0.15, 0.2) is 6.61 Å². The van der Waals surface area contributed by atoms with Crippen molar-refractivity contribution in [3.8, 4) is 5.75 Å². The summed E-state index contributed by atoms with van der Waals surface area (Å²) in [6.07, 6.45) is 0.924. The van der Waals surface area contributed by atoms with Gasteiger partial charge in [0.1, 0.15) is 11.8 Å². The highest BCUT2D eigenvalue weighted by Gasteiger charge is 2.17. The van der Waals surface area contributed by atoms with Crippen LogP contribution in [-0.2, 0) is 11.2 Å². The number of nitrogens with one attached hydrogen (secondary N) is 2. The molecule has 27 heavy (non-hydrogen) atoms. The van der Waals surface area contributed by atoms with Crippen molar-refractivity contribution in [3.63, 3.8) is 0 Å². The van der Waals surface area contributed by atoms with E-state index in [4.69, 9.17) is 4.74 Å². The van der Waals surface area contributed by atoms with E-state index < -0.39 is 0 Å². The number of fused-ring (bicyclic) bond motifs is 1. The molecule has 0 radical (unpaired) electrons. The number of amides is 1. The molecule has 4 heteroatoms. The molecule has 1 amide bonds. The van der Waals surface area contributed by atoms with Crippen LogP contribution in [0.4, 0.5) is 0 Å². The van der Waals surface area contributed by atoms with Gasteiger partial charge < -0.3 is 15.0 Å². The second-order valence-electron chi connectivity index (χ2n) is 7.03. The summed E-state index contributed by atoms with van der Waals surface area (Å²) in [4.78, 5) is 13.6. The molecule has 0 bridgehead atoms. The van der Waals surface area contributed by atoms with Gasteiger partial charge in [0, 0.05) is 11.8 Å². The molecular formula is C23H27N2O2+. The van der Waals surface area contributed by atoms with E-state index in [0.717, 1.165) is 22.9 Å². The Labute approximate surface area is 160 Å². The monoisotopic (exact) mass is 363 g/mol. The topological polar surface area (TPSA) is 42.8 Å². The third kappa shape index (κ3) is 5.31. The van der Waals surface area contributed by atoms with Crippen LogP contribution in [-0.4, -0.2) is 39.2 Å². The molecule has 4 nitrogen and oxygen atoms in total. The maximum atomic E-state index is 12.3. The van der Waals surface area contributed by atoms with E-state index in [1.165, 1.54) is 10.5 Å². The van der Waals surface area contributed by atoms with Gasteiger partial charge in [0.25, 0.3) is 5.91 Å². The van der Waals surface area contributed by atoms with Crippen molar-refractivity contribution in [3.05, 3.63) is 78.4 Å². The fourth-order valence-corrected chi connectivity index (χ4v) is 3.13. The first-order valence-electron chi connectivity index (χ1n) is 9.34. The Morgan fingerprint density at radius 2 is 1.67 bits per heavy atom. The quantitative estimate of drug-likeness (QED) is 0.644. The Morgan fingerprint density at radius 1 is 0.963 bits per heavy atom. The summed E-state index contributed by atoms with van der Waals surface area (Å²) in [5.74, 6) is 0.643. The van der Waals surface area contributed by atoms with E-state index in [-0.39, 0.29) is 12.5 Å². The van der Waals surface area contributed by atoms with Crippen molar-refractivity contribution in [1.82, 2.24) is 5.32 Å². The molecule has 3 rings (SSSR count). The highest BCUT2D eigenvalue weighted by atomic mass is 16.5. The van der Waals surface area contributed by atoms with E-state index >= 15 is 0 Å². The van der Waals surface area contributed by atoms with Crippen LogP contribution in [0.3, 0.4) is 0 Å². The molecule has 3 aromatic rings. The molecule has 0 saturated heterocycles. The summed E-state index contributed by atoms with van der Waals surface area (Å²) in [6.45, 7) is 0.643. The summed E-state index contributed by atoms with van der Waals surface area (Å²) >= 11 is 0. The fraction of sp³-hybridized carbons (Fsp3) is 0.261. The Bertz CT molecular complexity index is 872. The molecule has 2 N–H and O–H groups in total. The lowest BCUT2D eigenvalue weighted by atomic mass is 10.1. The third-order valence-corrected chi connectivity index (χ3v) is 4.80. The normalized spacial score (nSPS) is 12.1. The highest BCUT2D eigenvalue weighted by Crippen LogP contribution is 2.24. The number of rotatable bonds is 8. The van der Waals surface area contributed by atoms with Gasteiger partial charge in [-0.2, -0.15) is 0 Å². The maximum absolute atomic E-state index is 12.3. The highest BCUT2D eigenvalue weighted by molar-refractivity contribution is 5.88. The second-order valence-corrected chi connectivity index (χ2v) is 7.03. The second kappa shape index (κ2) is 9.19. The molecule has 0 unspecified atom stereocenters. The average Bonchev–Trinajstić information content (AvgIpc) is 2.70. The largest absolute Gasteiger partial charge is 0.483 e. The molecule has 140 valence electrons. The molecule has 0 fully saturated rings. The van der Waals surface area contributed by atoms with E-state index in [2.05, 4.69) is 31.5 Å². The Hall–Kier alpha value is -2.85. The molecule has 0 aliphatic rings. The van der Waals surface area contributed by atoms with Crippen LogP contribution in [0.5, 0.6) is 5.75 Å². The minimum absolute atomic E-state index is 0.0226. The standard InChI is InChI=1S/C23H26N2O2/c1-25(2)20(15-18-9-4-3-5-10-18)16-24-23(26)17-27-22-14-8-12-19-11-6-7-13-21(19)22/h3-14,20H,15-17H2,1-2H3,(H,24,26)/p+1/t20-/m1/s1. The van der Waals surface area contributed by atoms with Crippen molar-refractivity contribution < 1.29 is 14.4 Å². The van der Waals surface area contributed by atoms with Crippen LogP contribution in [0.1, 0.15) is 5.56 Å². The van der Waals surface area contributed by atoms with Gasteiger partial charge in [-0.15, -0.1) is 0 Å². The van der Waals surface area contributed by atoms with Gasteiger partial charge in [-0.1, -0.05) is 66.7 Å². The van der Waals surface area contributed by atoms with Crippen molar-refractivity contribution in [2.24, 2.45) is 0 Å². The molecule has 0 spiro atoms. The van der Waals surface area contributed by atoms with Crippen molar-refractivity contribution in [2.45, 2.75) is 12.5 Å². The first-order chi connectivity index (χ1) is 13.1. The number of carbonyl (C=O) groups excluding carboxylic acids is 1. The molecule has 1 atom stereocenters. The first kappa shape index (κ1) is 18.9. The van der Waals surface area contributed by atoms with Crippen LogP contribution in [0, 0.1) is 0 Å². The number of benzene rings is 3. The fourth-order valence-electron chi connectivity index (χ4n) is 3.13. The van der Waals surface area contributed by atoms with Crippen LogP contribution in [0.25, 0.3) is 10.8 Å². The van der Waals surface area contributed by atoms with Gasteiger partial charge in [-0.3, -0.25) is 4.79 Å². The summed E-state index contributed by atoms with van der Waals surface area (Å²) in [6, 6.07) is 24.6. The molecule has 0 aromatic heterocycles. The van der Waals surface area contributed by atoms with Gasteiger partial charge >= 0.3 is 0 Å². The summed E-state index contributed by atoms with van der Waals surface area (Å²) in [7, 11) is 4.23. The number of hydrogen-bond donors (Lipinski definition) is 2. The average molecular weight is 363 g/mol. The van der Waals surface area contributed by atoms with Crippen LogP contribution in [0.15, 0.2) is 72.8 Å². The molecule has 0 heterocycles. The zero-order chi connectivity index (χ0) is 19.1. The van der Waals surface area contributed by atoms with Crippen molar-refractivity contribution in [1.29, 1.82) is 0 Å². The van der Waals surface area contributed by atoms with E-state index in [1.807, 2.05) is 60.7 Å². The predicted molar refractivity (Wildman–Crippen MR) is 109 cm³/mol. The lowest BCUT2D eigenvalue weighted by Crippen LogP contribution is -3.11. The Balaban J connectivity index is 1.53. The van der Waals surface area contributed by atoms with Crippen LogP contribution < -0.4 is 15.0 Å². The maximum Gasteiger partial charge on any atom is 0.258 e. The first-order valence-corrected chi connectivity index (χ1v) is 9.34. The molecular weight excluding hydrogens is 336 g/mol. The number of carbonyl (C=O) groups is 1. The lowest BCUT2D eigenvalue weighted by molar-refractivity contribution is -0.884. The molecule has 3 aromatic carbocycles. The Kier molecular flexibility index (Phi) is 6.44. The van der Waals surface area contributed by atoms with Crippen molar-refractivity contribution >= 4 is 16.7 Å². The van der Waals surface area contributed by atoms with E-state index in [0.29, 0.717) is 12.6 Å². The number of ether oxygens (including phenoxy) is 1. The van der Waals surface area contributed by atoms with Gasteiger partial charge in [-0.25, -0.2) is 0 Å². The van der Waals surface area contributed by atoms with Crippen molar-refractivity contribution in [2.75, 3.05) is 27.2 Å². The summed E-state index contributed by atoms with van der Waals surface area (Å²) in [5, 5.41) is 5.14. The molecule has 0 saturated carbocycles. The zero-order valence-corrected chi connectivity index (χ0v) is 15.9. The summed E-state index contributed by atoms with van der Waals surface area (Å²) in [5.41, 5.74) is 1.28. The van der Waals surface area contributed by atoms with E-state index in [1.54, 1.807) is 0 Å². The van der Waals surface area contributed by atoms with Crippen LogP contribution >= 0.6 is 0 Å². The lowest BCUT2D eigenvalue weighted by Gasteiger charge is -2.22. The zero-order valence-electron chi connectivity index (χ0n) is 15.9. The number of quaternary nitrogens is 1. The minimum atomic E-state index is -0.0951. The SMILES string of the molecule is C[NH+](C)[C@@H](CNC(=O)COc1cccc2ccccc12)Cc1ccccc1. The predicted octanol–water partition coefficient (Wildman–Crippen LogP) is 2.09. The van der Waals surface area contributed by atoms with E-state index in [9.17, 15) is 4.79 Å². The minimum Gasteiger partial charge on any atom is -0.483 e. The smallest absolute Gasteiger partial charge is 0.258 e. The molecule has 0 aliphatic heterocycles. The molecule has 0 aliphatic carbocycles. The third-order valence-electron chi connectivity index (χ3n) is 4.80. The Morgan fingerprint density at radius 3 is 2.44 bits per heavy atom. The van der Waals surface area contributed by atoms with Gasteiger partial charge in [0.05, 0.1) is 20.6 Å². The van der Waals surface area contributed by atoms with Gasteiger partial charge in [0.2, 0.25) is 0 Å². The summed E-state index contributed by atoms with van der Waals surface area (Å²) < 4.78 is 5.77. The number of hydrogen-bond acceptors (Lipinski definition) is 2. The van der Waals surface area contributed by atoms with Gasteiger partial charge in [-0.05, 0) is 17.0 Å². The number of likely N-dealkylation sites (N-methyl/N-ethyl adjacent to an activating group) is 1.